The van der Waals surface area contributed by atoms with Gasteiger partial charge in [-0.25, -0.2) is 9.97 Å². The van der Waals surface area contributed by atoms with Crippen LogP contribution in [0.15, 0.2) is 24.4 Å². The van der Waals surface area contributed by atoms with Crippen molar-refractivity contribution in [2.75, 3.05) is 11.9 Å². The van der Waals surface area contributed by atoms with E-state index in [1.807, 2.05) is 24.1 Å². The zero-order valence-electron chi connectivity index (χ0n) is 9.72. The molecule has 0 aliphatic heterocycles. The van der Waals surface area contributed by atoms with Gasteiger partial charge >= 0.3 is 0 Å². The first-order chi connectivity index (χ1) is 8.56. The molecule has 0 fully saturated rings. The van der Waals surface area contributed by atoms with Crippen LogP contribution in [0.1, 0.15) is 10.6 Å². The molecular formula is C11H12ClN5S. The van der Waals surface area contributed by atoms with Crippen molar-refractivity contribution >= 4 is 34.7 Å². The molecule has 3 N–H and O–H groups in total. The normalized spacial score (nSPS) is 10.3. The van der Waals surface area contributed by atoms with E-state index >= 15 is 0 Å². The monoisotopic (exact) mass is 281 g/mol. The smallest absolute Gasteiger partial charge is 0.226 e. The molecule has 0 aliphatic rings. The number of nitrogens with one attached hydrogen (secondary N) is 1. The number of amidine groups is 1. The average Bonchev–Trinajstić information content (AvgIpc) is 2.75. The summed E-state index contributed by atoms with van der Waals surface area (Å²) in [6.45, 7) is 0.665. The fraction of sp³-hybridized carbons (Fsp3) is 0.182. The van der Waals surface area contributed by atoms with Gasteiger partial charge in [0.1, 0.15) is 11.5 Å². The summed E-state index contributed by atoms with van der Waals surface area (Å²) in [7, 11) is 1.88. The summed E-state index contributed by atoms with van der Waals surface area (Å²) in [5.41, 5.74) is 5.82. The van der Waals surface area contributed by atoms with Crippen molar-refractivity contribution in [1.29, 1.82) is 5.41 Å². The number of rotatable bonds is 4. The van der Waals surface area contributed by atoms with Crippen LogP contribution in [0, 0.1) is 5.41 Å². The van der Waals surface area contributed by atoms with Gasteiger partial charge in [0.25, 0.3) is 0 Å². The molecule has 2 rings (SSSR count). The molecule has 7 heteroatoms. The first-order valence-electron chi connectivity index (χ1n) is 5.19. The van der Waals surface area contributed by atoms with Gasteiger partial charge in [0.15, 0.2) is 0 Å². The Morgan fingerprint density at radius 3 is 2.89 bits per heavy atom. The number of hydrogen-bond donors (Lipinski definition) is 2. The van der Waals surface area contributed by atoms with E-state index in [2.05, 4.69) is 9.97 Å². The fourth-order valence-electron chi connectivity index (χ4n) is 1.42. The van der Waals surface area contributed by atoms with Crippen LogP contribution in [-0.2, 0) is 6.54 Å². The molecule has 0 atom stereocenters. The van der Waals surface area contributed by atoms with Gasteiger partial charge in [-0.2, -0.15) is 0 Å². The van der Waals surface area contributed by atoms with Crippen LogP contribution in [0.3, 0.4) is 0 Å². The Balaban J connectivity index is 2.15. The van der Waals surface area contributed by atoms with Crippen LogP contribution in [0.2, 0.25) is 4.34 Å². The van der Waals surface area contributed by atoms with Gasteiger partial charge in [-0.05, 0) is 18.2 Å². The molecule has 2 aromatic heterocycles. The number of anilines is 1. The van der Waals surface area contributed by atoms with Crippen molar-refractivity contribution in [2.45, 2.75) is 6.54 Å². The summed E-state index contributed by atoms with van der Waals surface area (Å²) in [6, 6.07) is 5.45. The number of halogens is 1. The second-order valence-electron chi connectivity index (χ2n) is 3.72. The highest BCUT2D eigenvalue weighted by Crippen LogP contribution is 2.23. The van der Waals surface area contributed by atoms with Crippen molar-refractivity contribution in [3.8, 4) is 0 Å². The van der Waals surface area contributed by atoms with E-state index in [9.17, 15) is 0 Å². The summed E-state index contributed by atoms with van der Waals surface area (Å²) in [6.07, 6.45) is 1.59. The predicted octanol–water partition coefficient (Wildman–Crippen LogP) is 2.11. The summed E-state index contributed by atoms with van der Waals surface area (Å²) >= 11 is 7.40. The molecule has 94 valence electrons. The Morgan fingerprint density at radius 2 is 2.28 bits per heavy atom. The Labute approximate surface area is 114 Å². The van der Waals surface area contributed by atoms with E-state index in [0.717, 1.165) is 9.21 Å². The number of nitrogens with zero attached hydrogens (tertiary/aromatic N) is 3. The van der Waals surface area contributed by atoms with Gasteiger partial charge in [-0.1, -0.05) is 11.6 Å². The molecule has 0 spiro atoms. The van der Waals surface area contributed by atoms with Crippen LogP contribution in [0.25, 0.3) is 0 Å². The van der Waals surface area contributed by atoms with Crippen LogP contribution in [0.4, 0.5) is 5.95 Å². The second kappa shape index (κ2) is 5.32. The molecule has 0 radical (unpaired) electrons. The number of nitrogens with two attached hydrogens (primary N) is 1. The largest absolute Gasteiger partial charge is 0.382 e. The predicted molar refractivity (Wildman–Crippen MR) is 74.5 cm³/mol. The Kier molecular flexibility index (Phi) is 3.78. The van der Waals surface area contributed by atoms with Gasteiger partial charge in [0, 0.05) is 18.1 Å². The van der Waals surface area contributed by atoms with E-state index in [1.54, 1.807) is 12.3 Å². The quantitative estimate of drug-likeness (QED) is 0.664. The van der Waals surface area contributed by atoms with Crippen molar-refractivity contribution in [1.82, 2.24) is 9.97 Å². The summed E-state index contributed by atoms with van der Waals surface area (Å²) in [5.74, 6) is 0.471. The van der Waals surface area contributed by atoms with Gasteiger partial charge < -0.3 is 10.6 Å². The molecule has 0 amide bonds. The molecule has 0 aromatic carbocycles. The molecule has 0 aliphatic carbocycles. The minimum atomic E-state index is -0.0637. The Bertz CT molecular complexity index is 568. The summed E-state index contributed by atoms with van der Waals surface area (Å²) in [4.78, 5) is 11.4. The van der Waals surface area contributed by atoms with Crippen LogP contribution in [-0.4, -0.2) is 22.9 Å². The van der Waals surface area contributed by atoms with Crippen molar-refractivity contribution in [3.05, 3.63) is 39.3 Å². The van der Waals surface area contributed by atoms with Crippen molar-refractivity contribution < 1.29 is 0 Å². The fourth-order valence-corrected chi connectivity index (χ4v) is 2.56. The van der Waals surface area contributed by atoms with E-state index in [1.165, 1.54) is 11.3 Å². The van der Waals surface area contributed by atoms with Crippen LogP contribution < -0.4 is 10.6 Å². The molecule has 18 heavy (non-hydrogen) atoms. The zero-order valence-corrected chi connectivity index (χ0v) is 11.3. The number of hydrogen-bond acceptors (Lipinski definition) is 5. The van der Waals surface area contributed by atoms with Crippen molar-refractivity contribution in [2.24, 2.45) is 5.73 Å². The highest BCUT2D eigenvalue weighted by molar-refractivity contribution is 7.16. The maximum atomic E-state index is 7.35. The molecule has 5 nitrogen and oxygen atoms in total. The van der Waals surface area contributed by atoms with E-state index in [4.69, 9.17) is 22.7 Å². The van der Waals surface area contributed by atoms with Gasteiger partial charge in [-0.3, -0.25) is 5.41 Å². The second-order valence-corrected chi connectivity index (χ2v) is 5.52. The molecule has 0 bridgehead atoms. The van der Waals surface area contributed by atoms with E-state index < -0.39 is 0 Å². The Hall–Kier alpha value is -1.66. The third-order valence-electron chi connectivity index (χ3n) is 2.28. The molecule has 0 saturated carbocycles. The van der Waals surface area contributed by atoms with Gasteiger partial charge in [-0.15, -0.1) is 11.3 Å². The maximum absolute atomic E-state index is 7.35. The lowest BCUT2D eigenvalue weighted by atomic mass is 10.4. The van der Waals surface area contributed by atoms with E-state index in [-0.39, 0.29) is 5.84 Å². The summed E-state index contributed by atoms with van der Waals surface area (Å²) in [5, 5.41) is 7.35. The maximum Gasteiger partial charge on any atom is 0.226 e. The molecule has 0 unspecified atom stereocenters. The van der Waals surface area contributed by atoms with Crippen LogP contribution in [0.5, 0.6) is 0 Å². The molecule has 0 saturated heterocycles. The van der Waals surface area contributed by atoms with Crippen molar-refractivity contribution in [3.63, 3.8) is 0 Å². The first kappa shape index (κ1) is 12.8. The number of thiophene rings is 1. The molecule has 2 aromatic rings. The minimum absolute atomic E-state index is 0.0637. The standard InChI is InChI=1S/C11H12ClN5S/c1-17(6-7-2-3-9(12)18-7)11-15-5-4-8(16-11)10(13)14/h2-5H,6H2,1H3,(H3,13,14). The van der Waals surface area contributed by atoms with Gasteiger partial charge in [0.05, 0.1) is 10.9 Å². The van der Waals surface area contributed by atoms with E-state index in [0.29, 0.717) is 18.2 Å². The topological polar surface area (TPSA) is 78.9 Å². The lowest BCUT2D eigenvalue weighted by molar-refractivity contribution is 0.875. The first-order valence-corrected chi connectivity index (χ1v) is 6.38. The summed E-state index contributed by atoms with van der Waals surface area (Å²) < 4.78 is 0.761. The molecular weight excluding hydrogens is 270 g/mol. The van der Waals surface area contributed by atoms with Crippen LogP contribution >= 0.6 is 22.9 Å². The molecule has 2 heterocycles. The SMILES string of the molecule is CN(Cc1ccc(Cl)s1)c1nccc(C(=N)N)n1. The van der Waals surface area contributed by atoms with Gasteiger partial charge in [0.2, 0.25) is 5.95 Å². The Morgan fingerprint density at radius 1 is 1.50 bits per heavy atom. The lowest BCUT2D eigenvalue weighted by Gasteiger charge is -2.16. The average molecular weight is 282 g/mol. The number of aromatic nitrogens is 2. The minimum Gasteiger partial charge on any atom is -0.382 e. The third kappa shape index (κ3) is 2.96. The highest BCUT2D eigenvalue weighted by Gasteiger charge is 2.08. The highest BCUT2D eigenvalue weighted by atomic mass is 35.5. The lowest BCUT2D eigenvalue weighted by Crippen LogP contribution is -2.21. The zero-order chi connectivity index (χ0) is 13.1. The third-order valence-corrected chi connectivity index (χ3v) is 3.50. The number of nitrogen functional groups attached to an aromatic ring is 1.